The Morgan fingerprint density at radius 2 is 1.35 bits per heavy atom. The van der Waals surface area contributed by atoms with E-state index in [0.717, 1.165) is 52.6 Å². The molecule has 0 aromatic heterocycles. The van der Waals surface area contributed by atoms with Crippen molar-refractivity contribution >= 4 is 0 Å². The van der Waals surface area contributed by atoms with Gasteiger partial charge >= 0.3 is 0 Å². The summed E-state index contributed by atoms with van der Waals surface area (Å²) < 4.78 is 19.2. The number of quaternary nitrogens is 1. The van der Waals surface area contributed by atoms with Crippen LogP contribution < -0.4 is 14.2 Å². The lowest BCUT2D eigenvalue weighted by molar-refractivity contribution is -0.923. The monoisotopic (exact) mass is 494 g/mol. The minimum atomic E-state index is 0.305. The topological polar surface area (TPSA) is 27.7 Å². The lowest BCUT2D eigenvalue weighted by atomic mass is 9.86. The van der Waals surface area contributed by atoms with Crippen molar-refractivity contribution in [3.05, 3.63) is 113 Å². The maximum atomic E-state index is 6.37. The SMILES string of the molecule is COc1cc(CC2c3cccc(Oc4ccc(C)cc4)c3CC[N+]2(C)C)ccc1Oc1ccc(C)cc1. The third-order valence-electron chi connectivity index (χ3n) is 7.46. The van der Waals surface area contributed by atoms with Gasteiger partial charge in [-0.3, -0.25) is 0 Å². The quantitative estimate of drug-likeness (QED) is 0.245. The van der Waals surface area contributed by atoms with E-state index in [1.165, 1.54) is 27.8 Å². The molecular weight excluding hydrogens is 458 g/mol. The molecule has 0 N–H and O–H groups in total. The van der Waals surface area contributed by atoms with Gasteiger partial charge in [0.1, 0.15) is 23.3 Å². The second kappa shape index (κ2) is 10.3. The van der Waals surface area contributed by atoms with Crippen LogP contribution in [0.3, 0.4) is 0 Å². The van der Waals surface area contributed by atoms with Crippen molar-refractivity contribution in [1.29, 1.82) is 0 Å². The Hall–Kier alpha value is -3.76. The third kappa shape index (κ3) is 5.50. The molecule has 190 valence electrons. The van der Waals surface area contributed by atoms with Gasteiger partial charge in [-0.15, -0.1) is 0 Å². The van der Waals surface area contributed by atoms with E-state index in [0.29, 0.717) is 6.04 Å². The van der Waals surface area contributed by atoms with Crippen molar-refractivity contribution in [1.82, 2.24) is 0 Å². The molecule has 1 unspecified atom stereocenters. The van der Waals surface area contributed by atoms with Crippen LogP contribution in [0.25, 0.3) is 0 Å². The zero-order valence-corrected chi connectivity index (χ0v) is 22.5. The summed E-state index contributed by atoms with van der Waals surface area (Å²) >= 11 is 0. The normalized spacial score (nSPS) is 16.1. The number of likely N-dealkylation sites (N-methyl/N-ethyl adjacent to an activating group) is 1. The zero-order valence-electron chi connectivity index (χ0n) is 22.5. The molecule has 1 atom stereocenters. The van der Waals surface area contributed by atoms with E-state index in [2.05, 4.69) is 70.4 Å². The Labute approximate surface area is 220 Å². The van der Waals surface area contributed by atoms with Gasteiger partial charge in [0.05, 0.1) is 27.7 Å². The molecule has 5 rings (SSSR count). The number of hydrogen-bond acceptors (Lipinski definition) is 3. The van der Waals surface area contributed by atoms with Gasteiger partial charge in [0.25, 0.3) is 0 Å². The molecule has 0 aliphatic carbocycles. The molecule has 1 aliphatic heterocycles. The van der Waals surface area contributed by atoms with Gasteiger partial charge in [0, 0.05) is 24.0 Å². The first-order chi connectivity index (χ1) is 17.8. The molecule has 4 aromatic carbocycles. The van der Waals surface area contributed by atoms with Crippen molar-refractivity contribution in [2.75, 3.05) is 27.7 Å². The highest BCUT2D eigenvalue weighted by Crippen LogP contribution is 2.42. The highest BCUT2D eigenvalue weighted by Gasteiger charge is 2.37. The van der Waals surface area contributed by atoms with E-state index in [4.69, 9.17) is 14.2 Å². The van der Waals surface area contributed by atoms with Gasteiger partial charge in [-0.1, -0.05) is 53.6 Å². The van der Waals surface area contributed by atoms with Crippen molar-refractivity contribution < 1.29 is 18.7 Å². The highest BCUT2D eigenvalue weighted by molar-refractivity contribution is 5.48. The standard InChI is InChI=1S/C33H36NO3/c1-23-9-14-26(15-10-23)36-31-8-6-7-28-29(31)19-20-34(3,4)30(28)21-25-13-18-32(33(22-25)35-5)37-27-16-11-24(2)12-17-27/h6-18,22,30H,19-21H2,1-5H3/q+1. The van der Waals surface area contributed by atoms with Gasteiger partial charge < -0.3 is 18.7 Å². The average Bonchev–Trinajstić information content (AvgIpc) is 2.89. The third-order valence-corrected chi connectivity index (χ3v) is 7.46. The Morgan fingerprint density at radius 3 is 1.97 bits per heavy atom. The van der Waals surface area contributed by atoms with Crippen LogP contribution in [-0.2, 0) is 12.8 Å². The number of ether oxygens (including phenoxy) is 3. The van der Waals surface area contributed by atoms with E-state index in [-0.39, 0.29) is 0 Å². The average molecular weight is 495 g/mol. The molecule has 0 saturated carbocycles. The Bertz CT molecular complexity index is 1370. The summed E-state index contributed by atoms with van der Waals surface area (Å²) in [6, 6.07) is 29.4. The number of methoxy groups -OCH3 is 1. The van der Waals surface area contributed by atoms with Gasteiger partial charge in [-0.2, -0.15) is 0 Å². The van der Waals surface area contributed by atoms with E-state index >= 15 is 0 Å². The largest absolute Gasteiger partial charge is 0.493 e. The number of aryl methyl sites for hydroxylation is 2. The minimum Gasteiger partial charge on any atom is -0.493 e. The van der Waals surface area contributed by atoms with Crippen LogP contribution in [0.1, 0.15) is 33.9 Å². The van der Waals surface area contributed by atoms with Crippen molar-refractivity contribution in [3.63, 3.8) is 0 Å². The molecule has 0 radical (unpaired) electrons. The summed E-state index contributed by atoms with van der Waals surface area (Å²) in [4.78, 5) is 0. The van der Waals surface area contributed by atoms with Crippen molar-refractivity contribution in [2.24, 2.45) is 0 Å². The second-order valence-corrected chi connectivity index (χ2v) is 10.6. The van der Waals surface area contributed by atoms with Crippen LogP contribution in [0.15, 0.2) is 84.9 Å². The molecule has 4 aromatic rings. The van der Waals surface area contributed by atoms with E-state index in [1.54, 1.807) is 7.11 Å². The molecule has 0 saturated heterocycles. The number of nitrogens with zero attached hydrogens (tertiary/aromatic N) is 1. The summed E-state index contributed by atoms with van der Waals surface area (Å²) in [6.45, 7) is 5.22. The lowest BCUT2D eigenvalue weighted by Crippen LogP contribution is -2.48. The van der Waals surface area contributed by atoms with Gasteiger partial charge in [-0.25, -0.2) is 0 Å². The fourth-order valence-corrected chi connectivity index (χ4v) is 5.16. The Balaban J connectivity index is 1.42. The van der Waals surface area contributed by atoms with E-state index in [1.807, 2.05) is 42.5 Å². The summed E-state index contributed by atoms with van der Waals surface area (Å²) in [5.41, 5.74) is 6.33. The molecule has 0 bridgehead atoms. The fourth-order valence-electron chi connectivity index (χ4n) is 5.16. The highest BCUT2D eigenvalue weighted by atomic mass is 16.5. The maximum absolute atomic E-state index is 6.37. The summed E-state index contributed by atoms with van der Waals surface area (Å²) in [5.74, 6) is 4.11. The predicted octanol–water partition coefficient (Wildman–Crippen LogP) is 7.81. The van der Waals surface area contributed by atoms with Gasteiger partial charge in [0.2, 0.25) is 0 Å². The van der Waals surface area contributed by atoms with Crippen molar-refractivity contribution in [2.45, 2.75) is 32.7 Å². The number of rotatable bonds is 7. The molecule has 1 aliphatic rings. The van der Waals surface area contributed by atoms with Crippen LogP contribution in [0.4, 0.5) is 0 Å². The molecule has 0 fully saturated rings. The molecule has 37 heavy (non-hydrogen) atoms. The summed E-state index contributed by atoms with van der Waals surface area (Å²) in [6.07, 6.45) is 1.89. The number of hydrogen-bond donors (Lipinski definition) is 0. The van der Waals surface area contributed by atoms with Crippen molar-refractivity contribution in [3.8, 4) is 28.7 Å². The smallest absolute Gasteiger partial charge is 0.169 e. The van der Waals surface area contributed by atoms with Crippen LogP contribution in [-0.4, -0.2) is 32.2 Å². The molecule has 0 spiro atoms. The molecule has 1 heterocycles. The van der Waals surface area contributed by atoms with E-state index in [9.17, 15) is 0 Å². The zero-order chi connectivity index (χ0) is 26.0. The minimum absolute atomic E-state index is 0.305. The summed E-state index contributed by atoms with van der Waals surface area (Å²) in [7, 11) is 6.35. The molecular formula is C33H36NO3+. The number of benzene rings is 4. The fraction of sp³-hybridized carbons (Fsp3) is 0.273. The number of fused-ring (bicyclic) bond motifs is 1. The van der Waals surface area contributed by atoms with Crippen LogP contribution >= 0.6 is 0 Å². The maximum Gasteiger partial charge on any atom is 0.169 e. The summed E-state index contributed by atoms with van der Waals surface area (Å²) in [5, 5.41) is 0. The molecule has 4 heteroatoms. The molecule has 0 amide bonds. The van der Waals surface area contributed by atoms with Gasteiger partial charge in [0.15, 0.2) is 11.5 Å². The van der Waals surface area contributed by atoms with Crippen LogP contribution in [0.2, 0.25) is 0 Å². The van der Waals surface area contributed by atoms with E-state index < -0.39 is 0 Å². The Morgan fingerprint density at radius 1 is 0.730 bits per heavy atom. The predicted molar refractivity (Wildman–Crippen MR) is 149 cm³/mol. The Kier molecular flexibility index (Phi) is 6.94. The van der Waals surface area contributed by atoms with Crippen LogP contribution in [0, 0.1) is 13.8 Å². The van der Waals surface area contributed by atoms with Crippen LogP contribution in [0.5, 0.6) is 28.7 Å². The first-order valence-corrected chi connectivity index (χ1v) is 12.9. The lowest BCUT2D eigenvalue weighted by Gasteiger charge is -2.43. The van der Waals surface area contributed by atoms with Gasteiger partial charge in [-0.05, 0) is 61.9 Å². The molecule has 4 nitrogen and oxygen atoms in total. The second-order valence-electron chi connectivity index (χ2n) is 10.6. The first kappa shape index (κ1) is 24.9. The first-order valence-electron chi connectivity index (χ1n) is 12.9.